The quantitative estimate of drug-likeness (QED) is 0.671. The highest BCUT2D eigenvalue weighted by Crippen LogP contribution is 2.25. The first-order chi connectivity index (χ1) is 14.5. The number of piperazine rings is 1. The number of nitrogens with one attached hydrogen (secondary N) is 1. The normalized spacial score (nSPS) is 14.4. The van der Waals surface area contributed by atoms with Gasteiger partial charge in [0.25, 0.3) is 11.8 Å². The maximum absolute atomic E-state index is 12.8. The van der Waals surface area contributed by atoms with Crippen LogP contribution in [0.1, 0.15) is 40.5 Å². The summed E-state index contributed by atoms with van der Waals surface area (Å²) < 4.78 is 5.63. The zero-order valence-corrected chi connectivity index (χ0v) is 18.2. The fraction of sp³-hybridized carbons (Fsp3) is 0.391. The maximum atomic E-state index is 12.8. The van der Waals surface area contributed by atoms with Gasteiger partial charge in [0.1, 0.15) is 5.75 Å². The molecule has 1 heterocycles. The Kier molecular flexibility index (Phi) is 7.71. The Morgan fingerprint density at radius 2 is 1.70 bits per heavy atom. The van der Waals surface area contributed by atoms with Crippen LogP contribution < -0.4 is 10.1 Å². The molecule has 6 nitrogen and oxygen atoms in total. The van der Waals surface area contributed by atoms with Gasteiger partial charge in [-0.1, -0.05) is 24.9 Å². The molecule has 1 N–H and O–H groups in total. The zero-order chi connectivity index (χ0) is 21.5. The second-order valence-electron chi connectivity index (χ2n) is 7.47. The lowest BCUT2D eigenvalue weighted by molar-refractivity contribution is 0.0664. The smallest absolute Gasteiger partial charge is 0.255 e. The number of nitrogens with zero attached hydrogens (tertiary/aromatic N) is 2. The first-order valence-corrected chi connectivity index (χ1v) is 10.7. The molecule has 2 aromatic rings. The number of benzene rings is 2. The van der Waals surface area contributed by atoms with E-state index in [0.29, 0.717) is 41.5 Å². The Bertz CT molecular complexity index is 878. The summed E-state index contributed by atoms with van der Waals surface area (Å²) in [6.45, 7) is 5.84. The lowest BCUT2D eigenvalue weighted by Gasteiger charge is -2.32. The number of carbonyl (C=O) groups excluding carboxylic acids is 2. The van der Waals surface area contributed by atoms with Gasteiger partial charge in [0.05, 0.1) is 17.3 Å². The first-order valence-electron chi connectivity index (χ1n) is 10.3. The average Bonchev–Trinajstić information content (AvgIpc) is 2.76. The third-order valence-corrected chi connectivity index (χ3v) is 5.46. The van der Waals surface area contributed by atoms with Gasteiger partial charge in [0.15, 0.2) is 0 Å². The third kappa shape index (κ3) is 5.74. The van der Waals surface area contributed by atoms with Crippen molar-refractivity contribution in [1.82, 2.24) is 9.80 Å². The van der Waals surface area contributed by atoms with Crippen LogP contribution in [-0.4, -0.2) is 61.4 Å². The molecule has 3 rings (SSSR count). The van der Waals surface area contributed by atoms with Crippen LogP contribution in [0.15, 0.2) is 42.5 Å². The topological polar surface area (TPSA) is 61.9 Å². The minimum atomic E-state index is -0.291. The Labute approximate surface area is 182 Å². The van der Waals surface area contributed by atoms with E-state index in [1.807, 2.05) is 11.9 Å². The number of unbranched alkanes of at least 4 members (excludes halogenated alkanes) is 1. The number of rotatable bonds is 7. The summed E-state index contributed by atoms with van der Waals surface area (Å²) >= 11 is 6.27. The predicted octanol–water partition coefficient (Wildman–Crippen LogP) is 4.16. The monoisotopic (exact) mass is 429 g/mol. The molecule has 0 atom stereocenters. The molecule has 1 aliphatic rings. The van der Waals surface area contributed by atoms with Crippen LogP contribution in [0.2, 0.25) is 5.02 Å². The summed E-state index contributed by atoms with van der Waals surface area (Å²) in [7, 11) is 2.04. The molecule has 0 unspecified atom stereocenters. The van der Waals surface area contributed by atoms with Gasteiger partial charge in [0.2, 0.25) is 0 Å². The van der Waals surface area contributed by atoms with E-state index < -0.39 is 0 Å². The molecule has 0 aliphatic carbocycles. The van der Waals surface area contributed by atoms with E-state index in [4.69, 9.17) is 16.3 Å². The number of likely N-dealkylation sites (N-methyl/N-ethyl adjacent to an activating group) is 1. The minimum Gasteiger partial charge on any atom is -0.494 e. The average molecular weight is 430 g/mol. The fourth-order valence-electron chi connectivity index (χ4n) is 3.18. The predicted molar refractivity (Wildman–Crippen MR) is 120 cm³/mol. The van der Waals surface area contributed by atoms with Gasteiger partial charge < -0.3 is 19.9 Å². The van der Waals surface area contributed by atoms with Crippen molar-refractivity contribution >= 4 is 29.1 Å². The molecule has 0 spiro atoms. The Hall–Kier alpha value is -2.57. The van der Waals surface area contributed by atoms with Gasteiger partial charge in [-0.2, -0.15) is 0 Å². The molecule has 0 saturated carbocycles. The van der Waals surface area contributed by atoms with E-state index in [0.717, 1.165) is 31.7 Å². The number of hydrogen-bond acceptors (Lipinski definition) is 4. The summed E-state index contributed by atoms with van der Waals surface area (Å²) in [5.74, 6) is 0.392. The molecule has 2 amide bonds. The summed E-state index contributed by atoms with van der Waals surface area (Å²) in [6, 6.07) is 12.0. The molecule has 1 fully saturated rings. The zero-order valence-electron chi connectivity index (χ0n) is 17.5. The van der Waals surface area contributed by atoms with Crippen LogP contribution in [-0.2, 0) is 0 Å². The molecule has 0 bridgehead atoms. The molecular weight excluding hydrogens is 402 g/mol. The second kappa shape index (κ2) is 10.5. The summed E-state index contributed by atoms with van der Waals surface area (Å²) in [4.78, 5) is 29.5. The highest BCUT2D eigenvalue weighted by atomic mass is 35.5. The lowest BCUT2D eigenvalue weighted by Crippen LogP contribution is -2.47. The van der Waals surface area contributed by atoms with Crippen molar-refractivity contribution in [2.75, 3.05) is 45.2 Å². The second-order valence-corrected chi connectivity index (χ2v) is 7.88. The molecule has 1 saturated heterocycles. The number of anilines is 1. The molecule has 30 heavy (non-hydrogen) atoms. The van der Waals surface area contributed by atoms with Crippen molar-refractivity contribution in [3.8, 4) is 5.75 Å². The number of halogens is 1. The van der Waals surface area contributed by atoms with E-state index in [1.165, 1.54) is 0 Å². The SMILES string of the molecule is CCCCOc1ccc(C(=O)Nc2cc(C(=O)N3CCN(C)CC3)ccc2Cl)cc1. The highest BCUT2D eigenvalue weighted by molar-refractivity contribution is 6.34. The van der Waals surface area contributed by atoms with Gasteiger partial charge >= 0.3 is 0 Å². The number of amides is 2. The van der Waals surface area contributed by atoms with E-state index in [-0.39, 0.29) is 11.8 Å². The van der Waals surface area contributed by atoms with Crippen LogP contribution in [0, 0.1) is 0 Å². The van der Waals surface area contributed by atoms with Crippen LogP contribution >= 0.6 is 11.6 Å². The van der Waals surface area contributed by atoms with Crippen molar-refractivity contribution in [2.24, 2.45) is 0 Å². The number of ether oxygens (including phenoxy) is 1. The fourth-order valence-corrected chi connectivity index (χ4v) is 3.34. The molecule has 160 valence electrons. The number of hydrogen-bond donors (Lipinski definition) is 1. The third-order valence-electron chi connectivity index (χ3n) is 5.14. The first kappa shape index (κ1) is 22.1. The van der Waals surface area contributed by atoms with Crippen LogP contribution in [0.5, 0.6) is 5.75 Å². The summed E-state index contributed by atoms with van der Waals surface area (Å²) in [5.41, 5.74) is 1.42. The Morgan fingerprint density at radius 1 is 1.03 bits per heavy atom. The van der Waals surface area contributed by atoms with Gasteiger partial charge in [-0.15, -0.1) is 0 Å². The highest BCUT2D eigenvalue weighted by Gasteiger charge is 2.21. The van der Waals surface area contributed by atoms with E-state index in [2.05, 4.69) is 17.1 Å². The van der Waals surface area contributed by atoms with Gasteiger partial charge in [-0.3, -0.25) is 9.59 Å². The number of carbonyl (C=O) groups is 2. The largest absolute Gasteiger partial charge is 0.494 e. The van der Waals surface area contributed by atoms with Gasteiger partial charge in [-0.05, 0) is 55.9 Å². The van der Waals surface area contributed by atoms with Crippen molar-refractivity contribution in [3.05, 3.63) is 58.6 Å². The molecule has 0 aromatic heterocycles. The van der Waals surface area contributed by atoms with Crippen molar-refractivity contribution < 1.29 is 14.3 Å². The molecular formula is C23H28ClN3O3. The standard InChI is InChI=1S/C23H28ClN3O3/c1-3-4-15-30-19-8-5-17(6-9-19)22(28)25-21-16-18(7-10-20(21)24)23(29)27-13-11-26(2)12-14-27/h5-10,16H,3-4,11-15H2,1-2H3,(H,25,28). The summed E-state index contributed by atoms with van der Waals surface area (Å²) in [5, 5.41) is 3.20. The van der Waals surface area contributed by atoms with Crippen molar-refractivity contribution in [3.63, 3.8) is 0 Å². The van der Waals surface area contributed by atoms with Crippen LogP contribution in [0.3, 0.4) is 0 Å². The van der Waals surface area contributed by atoms with Crippen LogP contribution in [0.25, 0.3) is 0 Å². The van der Waals surface area contributed by atoms with E-state index in [1.54, 1.807) is 42.5 Å². The molecule has 7 heteroatoms. The Morgan fingerprint density at radius 3 is 2.37 bits per heavy atom. The van der Waals surface area contributed by atoms with Crippen LogP contribution in [0.4, 0.5) is 5.69 Å². The van der Waals surface area contributed by atoms with Crippen molar-refractivity contribution in [2.45, 2.75) is 19.8 Å². The lowest BCUT2D eigenvalue weighted by atomic mass is 10.1. The summed E-state index contributed by atoms with van der Waals surface area (Å²) in [6.07, 6.45) is 2.06. The van der Waals surface area contributed by atoms with E-state index in [9.17, 15) is 9.59 Å². The minimum absolute atomic E-state index is 0.0520. The van der Waals surface area contributed by atoms with Gasteiger partial charge in [-0.25, -0.2) is 0 Å². The maximum Gasteiger partial charge on any atom is 0.255 e. The molecule has 2 aromatic carbocycles. The Balaban J connectivity index is 1.66. The van der Waals surface area contributed by atoms with Crippen molar-refractivity contribution in [1.29, 1.82) is 0 Å². The van der Waals surface area contributed by atoms with E-state index >= 15 is 0 Å². The molecule has 0 radical (unpaired) electrons. The molecule has 1 aliphatic heterocycles. The van der Waals surface area contributed by atoms with Gasteiger partial charge in [0, 0.05) is 37.3 Å².